The lowest BCUT2D eigenvalue weighted by Crippen LogP contribution is -2.39. The molecule has 16 heavy (non-hydrogen) atoms. The number of carbonyl (C=O) groups excluding carboxylic acids is 1. The SMILES string of the molecule is Cc1cccc(C(=O)C(C)(C)S(C)(=O)=O)c1. The summed E-state index contributed by atoms with van der Waals surface area (Å²) in [5.74, 6) is -0.362. The van der Waals surface area contributed by atoms with Crippen LogP contribution in [0.2, 0.25) is 0 Å². The Hall–Kier alpha value is -1.16. The summed E-state index contributed by atoms with van der Waals surface area (Å²) < 4.78 is 21.7. The fourth-order valence-electron chi connectivity index (χ4n) is 1.30. The lowest BCUT2D eigenvalue weighted by Gasteiger charge is -2.20. The average molecular weight is 240 g/mol. The molecule has 0 aliphatic rings. The third-order valence-corrected chi connectivity index (χ3v) is 4.79. The summed E-state index contributed by atoms with van der Waals surface area (Å²) in [7, 11) is -3.41. The first kappa shape index (κ1) is 12.9. The standard InChI is InChI=1S/C12H16O3S/c1-9-6-5-7-10(8-9)11(13)12(2,3)16(4,14)15/h5-8H,1-4H3. The van der Waals surface area contributed by atoms with Gasteiger partial charge in [-0.05, 0) is 26.8 Å². The Balaban J connectivity index is 3.23. The first-order valence-electron chi connectivity index (χ1n) is 4.97. The van der Waals surface area contributed by atoms with Crippen molar-refractivity contribution in [1.29, 1.82) is 0 Å². The van der Waals surface area contributed by atoms with Crippen molar-refractivity contribution in [2.24, 2.45) is 0 Å². The van der Waals surface area contributed by atoms with E-state index in [4.69, 9.17) is 0 Å². The van der Waals surface area contributed by atoms with Gasteiger partial charge >= 0.3 is 0 Å². The van der Waals surface area contributed by atoms with Crippen molar-refractivity contribution >= 4 is 15.6 Å². The van der Waals surface area contributed by atoms with Gasteiger partial charge in [-0.25, -0.2) is 8.42 Å². The largest absolute Gasteiger partial charge is 0.292 e. The van der Waals surface area contributed by atoms with Crippen LogP contribution in [0.1, 0.15) is 29.8 Å². The van der Waals surface area contributed by atoms with Gasteiger partial charge in [0.1, 0.15) is 4.75 Å². The molecule has 1 aromatic rings. The maximum atomic E-state index is 12.1. The number of rotatable bonds is 3. The second-order valence-electron chi connectivity index (χ2n) is 4.48. The molecule has 1 aromatic carbocycles. The van der Waals surface area contributed by atoms with Gasteiger partial charge in [0, 0.05) is 11.8 Å². The monoisotopic (exact) mass is 240 g/mol. The Kier molecular flexibility index (Phi) is 3.24. The van der Waals surface area contributed by atoms with Crippen molar-refractivity contribution in [3.63, 3.8) is 0 Å². The molecule has 0 aliphatic heterocycles. The summed E-state index contributed by atoms with van der Waals surface area (Å²) in [5.41, 5.74) is 1.38. The van der Waals surface area contributed by atoms with Crippen LogP contribution in [0.3, 0.4) is 0 Å². The highest BCUT2D eigenvalue weighted by Gasteiger charge is 2.38. The molecule has 0 amide bonds. The summed E-state index contributed by atoms with van der Waals surface area (Å²) in [5, 5.41) is 0. The van der Waals surface area contributed by atoms with E-state index in [9.17, 15) is 13.2 Å². The minimum Gasteiger partial charge on any atom is -0.292 e. The van der Waals surface area contributed by atoms with E-state index in [0.29, 0.717) is 5.56 Å². The number of Topliss-reactive ketones (excluding diaryl/α,β-unsaturated/α-hetero) is 1. The van der Waals surface area contributed by atoms with Gasteiger partial charge in [-0.1, -0.05) is 23.8 Å². The van der Waals surface area contributed by atoms with Crippen molar-refractivity contribution in [3.05, 3.63) is 35.4 Å². The lowest BCUT2D eigenvalue weighted by molar-refractivity contribution is 0.0954. The van der Waals surface area contributed by atoms with Crippen LogP contribution >= 0.6 is 0 Å². The van der Waals surface area contributed by atoms with E-state index in [1.165, 1.54) is 13.8 Å². The molecule has 0 fully saturated rings. The summed E-state index contributed by atoms with van der Waals surface area (Å²) >= 11 is 0. The second kappa shape index (κ2) is 4.01. The summed E-state index contributed by atoms with van der Waals surface area (Å²) in [6.45, 7) is 4.74. The normalized spacial score (nSPS) is 12.5. The van der Waals surface area contributed by atoms with Crippen LogP contribution in [0.15, 0.2) is 24.3 Å². The Bertz CT molecular complexity index is 513. The zero-order chi connectivity index (χ0) is 12.6. The van der Waals surface area contributed by atoms with Crippen molar-refractivity contribution < 1.29 is 13.2 Å². The fraction of sp³-hybridized carbons (Fsp3) is 0.417. The van der Waals surface area contributed by atoms with Gasteiger partial charge in [-0.3, -0.25) is 4.79 Å². The zero-order valence-electron chi connectivity index (χ0n) is 9.94. The molecule has 0 unspecified atom stereocenters. The average Bonchev–Trinajstić information content (AvgIpc) is 2.14. The molecule has 88 valence electrons. The molecule has 0 radical (unpaired) electrons. The molecule has 0 saturated carbocycles. The molecule has 0 saturated heterocycles. The van der Waals surface area contributed by atoms with Crippen LogP contribution in [0.5, 0.6) is 0 Å². The topological polar surface area (TPSA) is 51.2 Å². The molecule has 0 spiro atoms. The Morgan fingerprint density at radius 2 is 1.81 bits per heavy atom. The molecule has 0 bridgehead atoms. The first-order valence-corrected chi connectivity index (χ1v) is 6.86. The van der Waals surface area contributed by atoms with Crippen molar-refractivity contribution in [2.45, 2.75) is 25.5 Å². The molecule has 0 heterocycles. The predicted molar refractivity (Wildman–Crippen MR) is 64.4 cm³/mol. The molecule has 0 aliphatic carbocycles. The first-order chi connectivity index (χ1) is 7.16. The summed E-state index contributed by atoms with van der Waals surface area (Å²) in [6, 6.07) is 6.96. The van der Waals surface area contributed by atoms with Gasteiger partial charge in [-0.2, -0.15) is 0 Å². The second-order valence-corrected chi connectivity index (χ2v) is 7.05. The van der Waals surface area contributed by atoms with Crippen LogP contribution in [-0.4, -0.2) is 25.2 Å². The van der Waals surface area contributed by atoms with Gasteiger partial charge < -0.3 is 0 Å². The third kappa shape index (κ3) is 2.32. The summed E-state index contributed by atoms with van der Waals surface area (Å²) in [4.78, 5) is 12.1. The number of hydrogen-bond donors (Lipinski definition) is 0. The van der Waals surface area contributed by atoms with Crippen LogP contribution < -0.4 is 0 Å². The smallest absolute Gasteiger partial charge is 0.183 e. The van der Waals surface area contributed by atoms with Crippen molar-refractivity contribution in [2.75, 3.05) is 6.26 Å². The number of sulfone groups is 1. The van der Waals surface area contributed by atoms with E-state index in [0.717, 1.165) is 11.8 Å². The Labute approximate surface area is 96.4 Å². The highest BCUT2D eigenvalue weighted by Crippen LogP contribution is 2.21. The molecule has 0 N–H and O–H groups in total. The van der Waals surface area contributed by atoms with E-state index in [2.05, 4.69) is 0 Å². The van der Waals surface area contributed by atoms with E-state index < -0.39 is 14.6 Å². The number of hydrogen-bond acceptors (Lipinski definition) is 3. The highest BCUT2D eigenvalue weighted by atomic mass is 32.2. The number of ketones is 1. The van der Waals surface area contributed by atoms with E-state index >= 15 is 0 Å². The van der Waals surface area contributed by atoms with Gasteiger partial charge in [0.15, 0.2) is 15.6 Å². The molecule has 3 nitrogen and oxygen atoms in total. The number of carbonyl (C=O) groups is 1. The lowest BCUT2D eigenvalue weighted by atomic mass is 9.99. The minimum atomic E-state index is -3.41. The van der Waals surface area contributed by atoms with E-state index in [1.54, 1.807) is 18.2 Å². The molecular weight excluding hydrogens is 224 g/mol. The van der Waals surface area contributed by atoms with Gasteiger partial charge in [0.2, 0.25) is 0 Å². The zero-order valence-corrected chi connectivity index (χ0v) is 10.8. The van der Waals surface area contributed by atoms with Crippen molar-refractivity contribution in [3.8, 4) is 0 Å². The third-order valence-electron chi connectivity index (χ3n) is 2.75. The van der Waals surface area contributed by atoms with E-state index in [-0.39, 0.29) is 5.78 Å². The quantitative estimate of drug-likeness (QED) is 0.759. The number of benzene rings is 1. The van der Waals surface area contributed by atoms with Crippen LogP contribution in [-0.2, 0) is 9.84 Å². The fourth-order valence-corrected chi connectivity index (χ4v) is 1.76. The van der Waals surface area contributed by atoms with Crippen LogP contribution in [0.4, 0.5) is 0 Å². The molecule has 0 atom stereocenters. The number of aryl methyl sites for hydroxylation is 1. The Morgan fingerprint density at radius 1 is 1.25 bits per heavy atom. The summed E-state index contributed by atoms with van der Waals surface area (Å²) in [6.07, 6.45) is 1.08. The van der Waals surface area contributed by atoms with Crippen molar-refractivity contribution in [1.82, 2.24) is 0 Å². The highest BCUT2D eigenvalue weighted by molar-refractivity contribution is 7.92. The molecular formula is C12H16O3S. The minimum absolute atomic E-state index is 0.362. The predicted octanol–water partition coefficient (Wildman–Crippen LogP) is 2.00. The Morgan fingerprint density at radius 3 is 2.25 bits per heavy atom. The maximum Gasteiger partial charge on any atom is 0.183 e. The van der Waals surface area contributed by atoms with Gasteiger partial charge in [0.05, 0.1) is 0 Å². The molecule has 4 heteroatoms. The maximum absolute atomic E-state index is 12.1. The van der Waals surface area contributed by atoms with E-state index in [1.807, 2.05) is 13.0 Å². The van der Waals surface area contributed by atoms with Crippen LogP contribution in [0.25, 0.3) is 0 Å². The van der Waals surface area contributed by atoms with Gasteiger partial charge in [-0.15, -0.1) is 0 Å². The van der Waals surface area contributed by atoms with Crippen LogP contribution in [0, 0.1) is 6.92 Å². The van der Waals surface area contributed by atoms with Gasteiger partial charge in [0.25, 0.3) is 0 Å². The molecule has 0 aromatic heterocycles. The molecule has 1 rings (SSSR count).